The fourth-order valence-electron chi connectivity index (χ4n) is 5.92. The molecule has 7 nitrogen and oxygen atoms in total. The zero-order chi connectivity index (χ0) is 26.3. The number of amidine groups is 1. The number of halogens is 1. The molecule has 0 amide bonds. The van der Waals surface area contributed by atoms with Gasteiger partial charge >= 0.3 is 0 Å². The summed E-state index contributed by atoms with van der Waals surface area (Å²) in [5, 5.41) is 16.2. The number of carbonyl (C=O) groups is 1. The number of nitrogens with zero attached hydrogens (tertiary/aromatic N) is 2. The van der Waals surface area contributed by atoms with E-state index in [0.717, 1.165) is 24.0 Å². The van der Waals surface area contributed by atoms with Gasteiger partial charge in [0, 0.05) is 12.5 Å². The van der Waals surface area contributed by atoms with E-state index < -0.39 is 23.3 Å². The van der Waals surface area contributed by atoms with Gasteiger partial charge in [0.15, 0.2) is 0 Å². The first-order valence-corrected chi connectivity index (χ1v) is 11.1. The van der Waals surface area contributed by atoms with E-state index in [1.807, 2.05) is 24.3 Å². The van der Waals surface area contributed by atoms with Crippen LogP contribution in [0.15, 0.2) is 41.4 Å². The summed E-state index contributed by atoms with van der Waals surface area (Å²) >= 11 is 0. The second-order valence-electron chi connectivity index (χ2n) is 9.13. The Morgan fingerprint density at radius 3 is 2.76 bits per heavy atom. The fourth-order valence-corrected chi connectivity index (χ4v) is 5.92. The van der Waals surface area contributed by atoms with E-state index in [1.165, 1.54) is 12.1 Å². The maximum Gasteiger partial charge on any atom is 0.290 e. The lowest BCUT2D eigenvalue weighted by Crippen LogP contribution is -2.48. The molecule has 0 aromatic heterocycles. The lowest BCUT2D eigenvalue weighted by molar-refractivity contribution is -0.122. The molecule has 4 atom stereocenters. The number of hydrogen-bond donors (Lipinski definition) is 2. The van der Waals surface area contributed by atoms with Crippen LogP contribution in [0.25, 0.3) is 11.1 Å². The second kappa shape index (κ2) is 9.07. The molecular weight excluding hydrogens is 437 g/mol. The molecule has 8 heteroatoms. The van der Waals surface area contributed by atoms with Crippen LogP contribution < -0.4 is 5.73 Å². The maximum absolute atomic E-state index is 14.2. The molecule has 5 rings (SSSR count). The van der Waals surface area contributed by atoms with Crippen LogP contribution in [0.4, 0.5) is 4.39 Å². The highest BCUT2D eigenvalue weighted by Gasteiger charge is 2.62. The third kappa shape index (κ3) is 3.80. The SMILES string of the molecule is O=CO.[2H]C1([2H])OC(N)=N[C@]12c1cc(-c3cc(F)cc(C#N)c3)ccc1C[C@]21CC[C@@H](OC)[C@H](C)C1. The highest BCUT2D eigenvalue weighted by molar-refractivity contribution is 5.76. The van der Waals surface area contributed by atoms with Crippen LogP contribution in [-0.2, 0) is 26.2 Å². The van der Waals surface area contributed by atoms with E-state index >= 15 is 0 Å². The minimum absolute atomic E-state index is 0.109. The largest absolute Gasteiger partial charge is 0.483 e. The molecule has 0 unspecified atom stereocenters. The van der Waals surface area contributed by atoms with Crippen LogP contribution in [-0.4, -0.2) is 37.4 Å². The molecule has 1 aliphatic heterocycles. The minimum Gasteiger partial charge on any atom is -0.483 e. The zero-order valence-electron chi connectivity index (χ0n) is 21.0. The van der Waals surface area contributed by atoms with E-state index in [2.05, 4.69) is 6.92 Å². The van der Waals surface area contributed by atoms with Crippen molar-refractivity contribution in [2.75, 3.05) is 13.7 Å². The van der Waals surface area contributed by atoms with Gasteiger partial charge in [0.2, 0.25) is 0 Å². The number of aliphatic imine (C=N–C) groups is 1. The molecule has 2 spiro atoms. The van der Waals surface area contributed by atoms with Crippen molar-refractivity contribution in [2.45, 2.75) is 44.2 Å². The number of benzene rings is 2. The van der Waals surface area contributed by atoms with Crippen molar-refractivity contribution in [3.63, 3.8) is 0 Å². The van der Waals surface area contributed by atoms with Crippen LogP contribution in [0, 0.1) is 28.5 Å². The van der Waals surface area contributed by atoms with E-state index in [-0.39, 0.29) is 30.1 Å². The van der Waals surface area contributed by atoms with Gasteiger partial charge in [-0.3, -0.25) is 4.79 Å². The quantitative estimate of drug-likeness (QED) is 0.645. The molecule has 178 valence electrons. The number of methoxy groups -OCH3 is 1. The number of hydrogen-bond acceptors (Lipinski definition) is 6. The Balaban J connectivity index is 0.000000967. The third-order valence-electron chi connectivity index (χ3n) is 7.29. The number of fused-ring (bicyclic) bond motifs is 3. The summed E-state index contributed by atoms with van der Waals surface area (Å²) in [6.07, 6.45) is 2.99. The molecule has 2 aromatic carbocycles. The standard InChI is InChI=1S/C25H26FN3O2.CH2O2/c1-15-11-24(6-5-22(15)30-2)12-18-4-3-17(19-7-16(13-27)8-20(26)9-19)10-21(18)25(24)14-31-23(28)29-25;2-1-3/h3-4,7-10,15,22H,5-6,11-12,14H2,1-2H3,(H2,28,29);1H,(H,2,3)/t15-,22-,24-,25+;/m1./s1/i14D2;. The van der Waals surface area contributed by atoms with Crippen molar-refractivity contribution in [1.29, 1.82) is 5.26 Å². The fraction of sp³-hybridized carbons (Fsp3) is 0.423. The highest BCUT2D eigenvalue weighted by Crippen LogP contribution is 2.62. The number of carboxylic acid groups (broad SMARTS) is 1. The Morgan fingerprint density at radius 1 is 1.38 bits per heavy atom. The zero-order valence-corrected chi connectivity index (χ0v) is 19.0. The van der Waals surface area contributed by atoms with Crippen LogP contribution in [0.1, 0.15) is 45.6 Å². The maximum atomic E-state index is 14.2. The van der Waals surface area contributed by atoms with Crippen molar-refractivity contribution in [2.24, 2.45) is 22.1 Å². The Kier molecular flexibility index (Phi) is 5.63. The Bertz CT molecular complexity index is 1260. The third-order valence-corrected chi connectivity index (χ3v) is 7.29. The molecule has 3 aliphatic rings. The van der Waals surface area contributed by atoms with Crippen molar-refractivity contribution in [1.82, 2.24) is 0 Å². The molecule has 0 radical (unpaired) electrons. The second-order valence-corrected chi connectivity index (χ2v) is 9.13. The van der Waals surface area contributed by atoms with Crippen LogP contribution in [0.5, 0.6) is 0 Å². The minimum atomic E-state index is -2.14. The average Bonchev–Trinajstić information content (AvgIpc) is 3.23. The van der Waals surface area contributed by atoms with Crippen molar-refractivity contribution < 1.29 is 26.5 Å². The first kappa shape index (κ1) is 21.1. The van der Waals surface area contributed by atoms with Gasteiger partial charge in [-0.15, -0.1) is 0 Å². The van der Waals surface area contributed by atoms with Crippen LogP contribution in [0.3, 0.4) is 0 Å². The van der Waals surface area contributed by atoms with Gasteiger partial charge in [-0.1, -0.05) is 19.1 Å². The summed E-state index contributed by atoms with van der Waals surface area (Å²) in [5.74, 6) is -0.284. The normalized spacial score (nSPS) is 31.3. The molecular formula is C26H28FN3O4. The van der Waals surface area contributed by atoms with E-state index in [4.69, 9.17) is 32.8 Å². The van der Waals surface area contributed by atoms with E-state index in [1.54, 1.807) is 13.2 Å². The summed E-state index contributed by atoms with van der Waals surface area (Å²) in [5.41, 5.74) is 7.33. The van der Waals surface area contributed by atoms with Gasteiger partial charge in [-0.05, 0) is 78.1 Å². The van der Waals surface area contributed by atoms with E-state index in [9.17, 15) is 9.65 Å². The summed E-state index contributed by atoms with van der Waals surface area (Å²) in [6.45, 7) is -0.258. The van der Waals surface area contributed by atoms with Crippen LogP contribution >= 0.6 is 0 Å². The van der Waals surface area contributed by atoms with Crippen molar-refractivity contribution in [3.05, 3.63) is 58.9 Å². The Morgan fingerprint density at radius 2 is 2.15 bits per heavy atom. The molecule has 1 heterocycles. The molecule has 3 N–H and O–H groups in total. The van der Waals surface area contributed by atoms with Crippen molar-refractivity contribution >= 4 is 12.5 Å². The summed E-state index contributed by atoms with van der Waals surface area (Å²) in [4.78, 5) is 13.1. The highest BCUT2D eigenvalue weighted by atomic mass is 19.1. The molecule has 1 fully saturated rings. The Labute approximate surface area is 200 Å². The average molecular weight is 468 g/mol. The first-order chi connectivity index (χ1) is 17.1. The molecule has 34 heavy (non-hydrogen) atoms. The number of nitriles is 1. The number of nitrogens with two attached hydrogens (primary N) is 1. The lowest BCUT2D eigenvalue weighted by atomic mass is 9.59. The smallest absolute Gasteiger partial charge is 0.290 e. The van der Waals surface area contributed by atoms with E-state index in [0.29, 0.717) is 24.0 Å². The Hall–Kier alpha value is -3.44. The number of rotatable bonds is 2. The monoisotopic (exact) mass is 467 g/mol. The predicted octanol–water partition coefficient (Wildman–Crippen LogP) is 3.98. The van der Waals surface area contributed by atoms with Gasteiger partial charge < -0.3 is 20.3 Å². The van der Waals surface area contributed by atoms with Crippen LogP contribution in [0.2, 0.25) is 0 Å². The summed E-state index contributed by atoms with van der Waals surface area (Å²) in [6, 6.07) is 11.8. The van der Waals surface area contributed by atoms with Gasteiger partial charge in [0.1, 0.15) is 17.9 Å². The topological polar surface area (TPSA) is 118 Å². The first-order valence-electron chi connectivity index (χ1n) is 12.1. The molecule has 2 aliphatic carbocycles. The van der Waals surface area contributed by atoms with Crippen molar-refractivity contribution in [3.8, 4) is 17.2 Å². The molecule has 0 bridgehead atoms. The van der Waals surface area contributed by atoms with Gasteiger partial charge in [-0.25, -0.2) is 9.38 Å². The van der Waals surface area contributed by atoms with Gasteiger partial charge in [-0.2, -0.15) is 5.26 Å². The number of ether oxygens (including phenoxy) is 2. The predicted molar refractivity (Wildman–Crippen MR) is 124 cm³/mol. The van der Waals surface area contributed by atoms with Gasteiger partial charge in [0.25, 0.3) is 12.5 Å². The summed E-state index contributed by atoms with van der Waals surface area (Å²) in [7, 11) is 1.72. The van der Waals surface area contributed by atoms with Gasteiger partial charge in [0.05, 0.1) is 20.5 Å². The molecule has 2 aromatic rings. The summed E-state index contributed by atoms with van der Waals surface area (Å²) < 4.78 is 43.1. The molecule has 1 saturated carbocycles. The molecule has 0 saturated heterocycles. The lowest BCUT2D eigenvalue weighted by Gasteiger charge is -2.47.